The molecule has 0 radical (unpaired) electrons. The first kappa shape index (κ1) is 15.5. The lowest BCUT2D eigenvalue weighted by molar-refractivity contribution is -0.0148. The molecule has 7 nitrogen and oxygen atoms in total. The van der Waals surface area contributed by atoms with Crippen molar-refractivity contribution in [1.29, 1.82) is 5.26 Å². The Kier molecular flexibility index (Phi) is 4.94. The Balaban J connectivity index is 2.07. The highest BCUT2D eigenvalue weighted by atomic mass is 16.5. The standard InChI is InChI=1S/C14H21N5O2/c1-11-9-12(20-2)18-13(17-11)19-6-3-14(10-16,4-7-19)21-8-5-15/h9H,3-8,15H2,1-2H3. The van der Waals surface area contributed by atoms with E-state index >= 15 is 0 Å². The first-order valence-corrected chi connectivity index (χ1v) is 7.02. The Morgan fingerprint density at radius 2 is 2.14 bits per heavy atom. The molecule has 21 heavy (non-hydrogen) atoms. The number of hydrogen-bond acceptors (Lipinski definition) is 7. The van der Waals surface area contributed by atoms with Crippen LogP contribution in [0.25, 0.3) is 0 Å². The van der Waals surface area contributed by atoms with Gasteiger partial charge >= 0.3 is 0 Å². The molecule has 1 aliphatic rings. The van der Waals surface area contributed by atoms with Crippen molar-refractivity contribution in [3.8, 4) is 11.9 Å². The van der Waals surface area contributed by atoms with Crippen molar-refractivity contribution in [1.82, 2.24) is 9.97 Å². The van der Waals surface area contributed by atoms with Crippen molar-refractivity contribution in [2.75, 3.05) is 38.3 Å². The number of nitrogens with zero attached hydrogens (tertiary/aromatic N) is 4. The van der Waals surface area contributed by atoms with E-state index < -0.39 is 5.60 Å². The smallest absolute Gasteiger partial charge is 0.228 e. The molecule has 0 spiro atoms. The van der Waals surface area contributed by atoms with Crippen molar-refractivity contribution in [2.45, 2.75) is 25.4 Å². The van der Waals surface area contributed by atoms with E-state index in [0.717, 1.165) is 5.69 Å². The Labute approximate surface area is 124 Å². The van der Waals surface area contributed by atoms with Crippen molar-refractivity contribution >= 4 is 5.95 Å². The Morgan fingerprint density at radius 1 is 1.43 bits per heavy atom. The number of ether oxygens (including phenoxy) is 2. The molecule has 1 fully saturated rings. The van der Waals surface area contributed by atoms with Crippen LogP contribution in [-0.4, -0.2) is 48.9 Å². The zero-order valence-electron chi connectivity index (χ0n) is 12.5. The Hall–Kier alpha value is -1.91. The number of aromatic nitrogens is 2. The second-order valence-corrected chi connectivity index (χ2v) is 5.08. The average molecular weight is 291 g/mol. The lowest BCUT2D eigenvalue weighted by Crippen LogP contribution is -2.46. The fourth-order valence-corrected chi connectivity index (χ4v) is 2.38. The second-order valence-electron chi connectivity index (χ2n) is 5.08. The van der Waals surface area contributed by atoms with E-state index in [4.69, 9.17) is 15.2 Å². The fourth-order valence-electron chi connectivity index (χ4n) is 2.38. The van der Waals surface area contributed by atoms with Gasteiger partial charge in [0.25, 0.3) is 0 Å². The van der Waals surface area contributed by atoms with Gasteiger partial charge in [-0.1, -0.05) is 0 Å². The number of aryl methyl sites for hydroxylation is 1. The molecule has 0 atom stereocenters. The zero-order chi connectivity index (χ0) is 15.3. The molecule has 7 heteroatoms. The molecule has 0 bridgehead atoms. The minimum absolute atomic E-state index is 0.405. The van der Waals surface area contributed by atoms with Gasteiger partial charge in [0.05, 0.1) is 19.8 Å². The average Bonchev–Trinajstić information content (AvgIpc) is 2.52. The van der Waals surface area contributed by atoms with E-state index in [-0.39, 0.29) is 0 Å². The van der Waals surface area contributed by atoms with Gasteiger partial charge in [-0.25, -0.2) is 4.98 Å². The van der Waals surface area contributed by atoms with E-state index in [0.29, 0.717) is 50.9 Å². The lowest BCUT2D eigenvalue weighted by atomic mass is 9.93. The first-order chi connectivity index (χ1) is 10.1. The second kappa shape index (κ2) is 6.70. The Bertz CT molecular complexity index is 521. The van der Waals surface area contributed by atoms with Crippen LogP contribution in [0.4, 0.5) is 5.95 Å². The van der Waals surface area contributed by atoms with Gasteiger partial charge in [-0.05, 0) is 6.92 Å². The van der Waals surface area contributed by atoms with Gasteiger partial charge in [0, 0.05) is 44.2 Å². The monoisotopic (exact) mass is 291 g/mol. The van der Waals surface area contributed by atoms with Gasteiger partial charge in [-0.2, -0.15) is 10.2 Å². The molecule has 2 heterocycles. The van der Waals surface area contributed by atoms with Crippen LogP contribution in [0.1, 0.15) is 18.5 Å². The van der Waals surface area contributed by atoms with Crippen LogP contribution in [0.2, 0.25) is 0 Å². The molecule has 1 aromatic heterocycles. The zero-order valence-corrected chi connectivity index (χ0v) is 12.5. The quantitative estimate of drug-likeness (QED) is 0.849. The molecule has 1 saturated heterocycles. The number of piperidine rings is 1. The molecule has 0 saturated carbocycles. The third-order valence-corrected chi connectivity index (χ3v) is 3.58. The van der Waals surface area contributed by atoms with Gasteiger partial charge in [0.2, 0.25) is 11.8 Å². The molecule has 1 aromatic rings. The van der Waals surface area contributed by atoms with Gasteiger partial charge in [-0.3, -0.25) is 0 Å². The molecule has 114 valence electrons. The summed E-state index contributed by atoms with van der Waals surface area (Å²) in [5, 5.41) is 9.37. The normalized spacial score (nSPS) is 17.3. The molecule has 2 rings (SSSR count). The highest BCUT2D eigenvalue weighted by Crippen LogP contribution is 2.28. The fraction of sp³-hybridized carbons (Fsp3) is 0.643. The van der Waals surface area contributed by atoms with Crippen LogP contribution in [-0.2, 0) is 4.74 Å². The first-order valence-electron chi connectivity index (χ1n) is 7.02. The van der Waals surface area contributed by atoms with Crippen molar-refractivity contribution in [3.63, 3.8) is 0 Å². The van der Waals surface area contributed by atoms with Gasteiger partial charge in [0.1, 0.15) is 0 Å². The number of nitriles is 1. The third kappa shape index (κ3) is 3.60. The van der Waals surface area contributed by atoms with Crippen LogP contribution >= 0.6 is 0 Å². The predicted molar refractivity (Wildman–Crippen MR) is 78.1 cm³/mol. The summed E-state index contributed by atoms with van der Waals surface area (Å²) < 4.78 is 10.8. The maximum atomic E-state index is 9.37. The SMILES string of the molecule is COc1cc(C)nc(N2CCC(C#N)(OCCN)CC2)n1. The molecule has 0 aliphatic carbocycles. The summed E-state index contributed by atoms with van der Waals surface area (Å²) in [6.45, 7) is 4.07. The predicted octanol–water partition coefficient (Wildman–Crippen LogP) is 0.631. The van der Waals surface area contributed by atoms with Gasteiger partial charge in [-0.15, -0.1) is 0 Å². The Morgan fingerprint density at radius 3 is 2.71 bits per heavy atom. The van der Waals surface area contributed by atoms with E-state index in [1.54, 1.807) is 13.2 Å². The molecule has 0 amide bonds. The number of hydrogen-bond donors (Lipinski definition) is 1. The van der Waals surface area contributed by atoms with Crippen LogP contribution in [0.5, 0.6) is 5.88 Å². The van der Waals surface area contributed by atoms with Gasteiger partial charge < -0.3 is 20.1 Å². The molecule has 2 N–H and O–H groups in total. The maximum absolute atomic E-state index is 9.37. The highest BCUT2D eigenvalue weighted by Gasteiger charge is 2.36. The summed E-state index contributed by atoms with van der Waals surface area (Å²) in [6, 6.07) is 4.08. The molecule has 1 aliphatic heterocycles. The van der Waals surface area contributed by atoms with Crippen molar-refractivity contribution in [3.05, 3.63) is 11.8 Å². The highest BCUT2D eigenvalue weighted by molar-refractivity contribution is 5.35. The summed E-state index contributed by atoms with van der Waals surface area (Å²) in [4.78, 5) is 10.8. The topological polar surface area (TPSA) is 97.3 Å². The minimum atomic E-state index is -0.732. The number of anilines is 1. The number of methoxy groups -OCH3 is 1. The maximum Gasteiger partial charge on any atom is 0.228 e. The van der Waals surface area contributed by atoms with E-state index in [1.165, 1.54) is 0 Å². The number of rotatable bonds is 5. The number of nitrogens with two attached hydrogens (primary N) is 1. The van der Waals surface area contributed by atoms with E-state index in [2.05, 4.69) is 20.9 Å². The summed E-state index contributed by atoms with van der Waals surface area (Å²) >= 11 is 0. The largest absolute Gasteiger partial charge is 0.481 e. The summed E-state index contributed by atoms with van der Waals surface area (Å²) in [5.41, 5.74) is 5.57. The van der Waals surface area contributed by atoms with Crippen LogP contribution in [0.15, 0.2) is 6.07 Å². The van der Waals surface area contributed by atoms with Gasteiger partial charge in [0.15, 0.2) is 5.60 Å². The van der Waals surface area contributed by atoms with Crippen molar-refractivity contribution < 1.29 is 9.47 Å². The summed E-state index contributed by atoms with van der Waals surface area (Å²) in [6.07, 6.45) is 1.23. The van der Waals surface area contributed by atoms with Crippen molar-refractivity contribution in [2.24, 2.45) is 5.73 Å². The van der Waals surface area contributed by atoms with Crippen LogP contribution in [0.3, 0.4) is 0 Å². The molecular weight excluding hydrogens is 270 g/mol. The third-order valence-electron chi connectivity index (χ3n) is 3.58. The van der Waals surface area contributed by atoms with Crippen LogP contribution < -0.4 is 15.4 Å². The lowest BCUT2D eigenvalue weighted by Gasteiger charge is -2.37. The molecule has 0 aromatic carbocycles. The van der Waals surface area contributed by atoms with E-state index in [1.807, 2.05) is 6.92 Å². The molecular formula is C14H21N5O2. The summed E-state index contributed by atoms with van der Waals surface area (Å²) in [5.74, 6) is 1.19. The van der Waals surface area contributed by atoms with Crippen LogP contribution in [0, 0.1) is 18.3 Å². The molecule has 0 unspecified atom stereocenters. The minimum Gasteiger partial charge on any atom is -0.481 e. The summed E-state index contributed by atoms with van der Waals surface area (Å²) in [7, 11) is 1.59. The van der Waals surface area contributed by atoms with E-state index in [9.17, 15) is 5.26 Å².